The van der Waals surface area contributed by atoms with E-state index in [1.807, 2.05) is 31.5 Å². The lowest BCUT2D eigenvalue weighted by atomic mass is 10.00. The van der Waals surface area contributed by atoms with E-state index in [4.69, 9.17) is 0 Å². The maximum absolute atomic E-state index is 13.0. The zero-order chi connectivity index (χ0) is 20.3. The van der Waals surface area contributed by atoms with Gasteiger partial charge in [0.15, 0.2) is 0 Å². The smallest absolute Gasteiger partial charge is 0.246 e. The van der Waals surface area contributed by atoms with Gasteiger partial charge in [0, 0.05) is 26.2 Å². The standard InChI is InChI=1S/C21H30N4O2S/c1-5-24(6-2)28(26,27)21-17(3)22-25(18(21)4)16-23-14-12-20(13-15-23)19-10-8-7-9-11-19/h7-12H,5-6,13-16H2,1-4H3. The number of hydrogen-bond donors (Lipinski definition) is 0. The van der Waals surface area contributed by atoms with Crippen molar-refractivity contribution in [2.24, 2.45) is 0 Å². The molecular weight excluding hydrogens is 372 g/mol. The van der Waals surface area contributed by atoms with Crippen molar-refractivity contribution >= 4 is 15.6 Å². The second-order valence-electron chi connectivity index (χ2n) is 7.15. The molecule has 1 aromatic heterocycles. The molecule has 0 saturated carbocycles. The number of nitrogens with zero attached hydrogens (tertiary/aromatic N) is 4. The Morgan fingerprint density at radius 2 is 1.79 bits per heavy atom. The van der Waals surface area contributed by atoms with Gasteiger partial charge in [-0.25, -0.2) is 8.42 Å². The van der Waals surface area contributed by atoms with Gasteiger partial charge >= 0.3 is 0 Å². The van der Waals surface area contributed by atoms with Crippen LogP contribution in [0.5, 0.6) is 0 Å². The van der Waals surface area contributed by atoms with Gasteiger partial charge < -0.3 is 0 Å². The number of rotatable bonds is 7. The van der Waals surface area contributed by atoms with Crippen molar-refractivity contribution in [3.05, 3.63) is 53.4 Å². The van der Waals surface area contributed by atoms with Crippen molar-refractivity contribution in [3.63, 3.8) is 0 Å². The molecular formula is C21H30N4O2S. The average molecular weight is 403 g/mol. The highest BCUT2D eigenvalue weighted by atomic mass is 32.2. The van der Waals surface area contributed by atoms with Crippen LogP contribution in [0.25, 0.3) is 5.57 Å². The highest BCUT2D eigenvalue weighted by molar-refractivity contribution is 7.89. The molecule has 0 radical (unpaired) electrons. The minimum atomic E-state index is -3.51. The second kappa shape index (κ2) is 8.59. The summed E-state index contributed by atoms with van der Waals surface area (Å²) in [4.78, 5) is 2.65. The fourth-order valence-corrected chi connectivity index (χ4v) is 5.66. The molecule has 1 aliphatic rings. The fraction of sp³-hybridized carbons (Fsp3) is 0.476. The van der Waals surface area contributed by atoms with E-state index >= 15 is 0 Å². The molecule has 3 rings (SSSR count). The molecule has 6 nitrogen and oxygen atoms in total. The minimum absolute atomic E-state index is 0.355. The molecule has 2 heterocycles. The first-order chi connectivity index (χ1) is 13.4. The van der Waals surface area contributed by atoms with Gasteiger partial charge in [-0.1, -0.05) is 50.3 Å². The quantitative estimate of drug-likeness (QED) is 0.713. The number of hydrogen-bond acceptors (Lipinski definition) is 4. The molecule has 0 unspecified atom stereocenters. The predicted octanol–water partition coefficient (Wildman–Crippen LogP) is 3.28. The third-order valence-electron chi connectivity index (χ3n) is 5.39. The Hall–Kier alpha value is -1.96. The lowest BCUT2D eigenvalue weighted by Crippen LogP contribution is -2.32. The van der Waals surface area contributed by atoms with Crippen LogP contribution in [0.3, 0.4) is 0 Å². The van der Waals surface area contributed by atoms with Gasteiger partial charge in [-0.05, 0) is 31.4 Å². The van der Waals surface area contributed by atoms with Gasteiger partial charge in [0.1, 0.15) is 4.90 Å². The lowest BCUT2D eigenvalue weighted by Gasteiger charge is -2.27. The molecule has 1 aromatic carbocycles. The molecule has 0 aliphatic carbocycles. The Kier molecular flexibility index (Phi) is 6.37. The van der Waals surface area contributed by atoms with Crippen molar-refractivity contribution in [2.45, 2.75) is 45.7 Å². The highest BCUT2D eigenvalue weighted by Gasteiger charge is 2.29. The van der Waals surface area contributed by atoms with Crippen LogP contribution >= 0.6 is 0 Å². The molecule has 0 saturated heterocycles. The molecule has 0 bridgehead atoms. The van der Waals surface area contributed by atoms with E-state index in [0.29, 0.717) is 36.0 Å². The lowest BCUT2D eigenvalue weighted by molar-refractivity contribution is 0.225. The summed E-state index contributed by atoms with van der Waals surface area (Å²) in [6.07, 6.45) is 3.24. The van der Waals surface area contributed by atoms with Crippen LogP contribution < -0.4 is 0 Å². The summed E-state index contributed by atoms with van der Waals surface area (Å²) < 4.78 is 29.3. The maximum Gasteiger partial charge on any atom is 0.246 e. The molecule has 7 heteroatoms. The third kappa shape index (κ3) is 4.06. The van der Waals surface area contributed by atoms with E-state index in [2.05, 4.69) is 40.3 Å². The SMILES string of the molecule is CCN(CC)S(=O)(=O)c1c(C)nn(CN2CC=C(c3ccccc3)CC2)c1C. The average Bonchev–Trinajstić information content (AvgIpc) is 2.97. The van der Waals surface area contributed by atoms with Gasteiger partial charge in [0.2, 0.25) is 10.0 Å². The number of aryl methyl sites for hydroxylation is 1. The third-order valence-corrected chi connectivity index (χ3v) is 7.69. The van der Waals surface area contributed by atoms with Crippen LogP contribution in [0.4, 0.5) is 0 Å². The van der Waals surface area contributed by atoms with E-state index in [1.165, 1.54) is 15.4 Å². The Balaban J connectivity index is 1.77. The first-order valence-corrected chi connectivity index (χ1v) is 11.3. The summed E-state index contributed by atoms with van der Waals surface area (Å²) in [5.74, 6) is 0. The molecule has 28 heavy (non-hydrogen) atoms. The predicted molar refractivity (Wildman–Crippen MR) is 112 cm³/mol. The van der Waals surface area contributed by atoms with Gasteiger partial charge in [-0.15, -0.1) is 0 Å². The molecule has 2 aromatic rings. The molecule has 0 spiro atoms. The minimum Gasteiger partial charge on any atom is -0.280 e. The first kappa shape index (κ1) is 20.8. The highest BCUT2D eigenvalue weighted by Crippen LogP contribution is 2.25. The summed E-state index contributed by atoms with van der Waals surface area (Å²) >= 11 is 0. The second-order valence-corrected chi connectivity index (χ2v) is 9.03. The molecule has 0 amide bonds. The van der Waals surface area contributed by atoms with Crippen LogP contribution in [-0.4, -0.2) is 53.6 Å². The fourth-order valence-electron chi connectivity index (χ4n) is 3.83. The van der Waals surface area contributed by atoms with Crippen molar-refractivity contribution < 1.29 is 8.42 Å². The van der Waals surface area contributed by atoms with E-state index in [0.717, 1.165) is 19.5 Å². The van der Waals surface area contributed by atoms with E-state index < -0.39 is 10.0 Å². The summed E-state index contributed by atoms with van der Waals surface area (Å²) in [5, 5.41) is 4.55. The Bertz CT molecular complexity index is 944. The van der Waals surface area contributed by atoms with E-state index in [1.54, 1.807) is 6.92 Å². The number of aromatic nitrogens is 2. The number of benzene rings is 1. The Morgan fingerprint density at radius 3 is 2.36 bits per heavy atom. The van der Waals surface area contributed by atoms with Crippen molar-refractivity contribution in [3.8, 4) is 0 Å². The molecule has 0 N–H and O–H groups in total. The van der Waals surface area contributed by atoms with Crippen LogP contribution in [0, 0.1) is 13.8 Å². The van der Waals surface area contributed by atoms with Gasteiger partial charge in [-0.2, -0.15) is 9.40 Å². The molecule has 1 aliphatic heterocycles. The zero-order valence-electron chi connectivity index (χ0n) is 17.2. The van der Waals surface area contributed by atoms with Gasteiger partial charge in [0.05, 0.1) is 18.1 Å². The monoisotopic (exact) mass is 402 g/mol. The van der Waals surface area contributed by atoms with E-state index in [9.17, 15) is 8.42 Å². The first-order valence-electron chi connectivity index (χ1n) is 9.89. The largest absolute Gasteiger partial charge is 0.280 e. The summed E-state index contributed by atoms with van der Waals surface area (Å²) in [7, 11) is -3.51. The van der Waals surface area contributed by atoms with Crippen molar-refractivity contribution in [1.82, 2.24) is 19.0 Å². The number of sulfonamides is 1. The normalized spacial score (nSPS) is 15.8. The Labute approximate surface area is 168 Å². The summed E-state index contributed by atoms with van der Waals surface area (Å²) in [5.41, 5.74) is 3.93. The zero-order valence-corrected chi connectivity index (χ0v) is 18.0. The van der Waals surface area contributed by atoms with Crippen LogP contribution in [-0.2, 0) is 16.7 Å². The van der Waals surface area contributed by atoms with Gasteiger partial charge in [0.25, 0.3) is 0 Å². The van der Waals surface area contributed by atoms with Crippen molar-refractivity contribution in [2.75, 3.05) is 26.2 Å². The summed E-state index contributed by atoms with van der Waals surface area (Å²) in [6, 6.07) is 10.5. The van der Waals surface area contributed by atoms with Crippen LogP contribution in [0.15, 0.2) is 41.3 Å². The Morgan fingerprint density at radius 1 is 1.11 bits per heavy atom. The van der Waals surface area contributed by atoms with Crippen LogP contribution in [0.2, 0.25) is 0 Å². The molecule has 0 atom stereocenters. The maximum atomic E-state index is 13.0. The molecule has 0 fully saturated rings. The van der Waals surface area contributed by atoms with Crippen LogP contribution in [0.1, 0.15) is 37.2 Å². The summed E-state index contributed by atoms with van der Waals surface area (Å²) in [6.45, 7) is 10.6. The topological polar surface area (TPSA) is 58.4 Å². The molecule has 152 valence electrons. The van der Waals surface area contributed by atoms with E-state index in [-0.39, 0.29) is 0 Å². The van der Waals surface area contributed by atoms with Gasteiger partial charge in [-0.3, -0.25) is 9.58 Å². The van der Waals surface area contributed by atoms with Crippen molar-refractivity contribution in [1.29, 1.82) is 0 Å².